The molecule has 6 heteroatoms. The second-order valence-corrected chi connectivity index (χ2v) is 5.51. The molecule has 1 aliphatic rings. The van der Waals surface area contributed by atoms with Gasteiger partial charge in [-0.1, -0.05) is 18.2 Å². The Bertz CT molecular complexity index is 940. The van der Waals surface area contributed by atoms with Crippen LogP contribution in [0.3, 0.4) is 0 Å². The van der Waals surface area contributed by atoms with Gasteiger partial charge in [0.1, 0.15) is 5.75 Å². The van der Waals surface area contributed by atoms with Gasteiger partial charge in [0.25, 0.3) is 5.91 Å². The summed E-state index contributed by atoms with van der Waals surface area (Å²) in [6, 6.07) is 13.9. The van der Waals surface area contributed by atoms with Gasteiger partial charge in [-0.15, -0.1) is 0 Å². The lowest BCUT2D eigenvalue weighted by Crippen LogP contribution is -2.42. The number of imide groups is 1. The molecule has 0 N–H and O–H groups in total. The molecule has 1 aromatic heterocycles. The average molecular weight is 331 g/mol. The molecule has 0 saturated heterocycles. The second kappa shape index (κ2) is 6.16. The van der Waals surface area contributed by atoms with E-state index in [1.54, 1.807) is 48.7 Å². The zero-order valence-corrected chi connectivity index (χ0v) is 13.1. The molecule has 0 radical (unpaired) electrons. The standard InChI is InChI=1S/C19H13N3O3/c23-18-11-13-3-1-2-4-16(13)19(24)22(18)14-5-7-15(8-6-14)25-17-12-20-9-10-21-17/h1-10,12H,11H2. The van der Waals surface area contributed by atoms with Crippen molar-refractivity contribution in [2.75, 3.05) is 4.90 Å². The lowest BCUT2D eigenvalue weighted by molar-refractivity contribution is -0.117. The van der Waals surface area contributed by atoms with Crippen molar-refractivity contribution in [3.8, 4) is 11.6 Å². The Hall–Kier alpha value is -3.54. The monoisotopic (exact) mass is 331 g/mol. The molecule has 0 saturated carbocycles. The maximum Gasteiger partial charge on any atom is 0.265 e. The summed E-state index contributed by atoms with van der Waals surface area (Å²) in [5, 5.41) is 0. The van der Waals surface area contributed by atoms with Crippen LogP contribution in [0, 0.1) is 0 Å². The molecule has 3 aromatic rings. The van der Waals surface area contributed by atoms with Crippen molar-refractivity contribution in [2.45, 2.75) is 6.42 Å². The first-order chi connectivity index (χ1) is 12.2. The molecule has 6 nitrogen and oxygen atoms in total. The summed E-state index contributed by atoms with van der Waals surface area (Å²) in [5.74, 6) is 0.358. The SMILES string of the molecule is O=C1Cc2ccccc2C(=O)N1c1ccc(Oc2cnccn2)cc1. The van der Waals surface area contributed by atoms with Gasteiger partial charge in [-0.2, -0.15) is 0 Å². The number of aromatic nitrogens is 2. The molecule has 0 atom stereocenters. The lowest BCUT2D eigenvalue weighted by atomic mass is 9.98. The minimum absolute atomic E-state index is 0.208. The van der Waals surface area contributed by atoms with Crippen molar-refractivity contribution < 1.29 is 14.3 Å². The van der Waals surface area contributed by atoms with Gasteiger partial charge < -0.3 is 4.74 Å². The topological polar surface area (TPSA) is 72.4 Å². The molecule has 25 heavy (non-hydrogen) atoms. The molecular weight excluding hydrogens is 318 g/mol. The van der Waals surface area contributed by atoms with Gasteiger partial charge in [-0.3, -0.25) is 14.6 Å². The molecule has 122 valence electrons. The van der Waals surface area contributed by atoms with Gasteiger partial charge in [0.05, 0.1) is 18.3 Å². The van der Waals surface area contributed by atoms with Crippen molar-refractivity contribution >= 4 is 17.5 Å². The number of benzene rings is 2. The summed E-state index contributed by atoms with van der Waals surface area (Å²) in [6.07, 6.45) is 4.80. The summed E-state index contributed by atoms with van der Waals surface area (Å²) in [5.41, 5.74) is 1.83. The van der Waals surface area contributed by atoms with E-state index in [9.17, 15) is 9.59 Å². The fraction of sp³-hybridized carbons (Fsp3) is 0.0526. The number of carbonyl (C=O) groups is 2. The third-order valence-corrected chi connectivity index (χ3v) is 3.90. The Morgan fingerprint density at radius 1 is 0.960 bits per heavy atom. The highest BCUT2D eigenvalue weighted by Crippen LogP contribution is 2.28. The highest BCUT2D eigenvalue weighted by molar-refractivity contribution is 6.24. The summed E-state index contributed by atoms with van der Waals surface area (Å²) in [6.45, 7) is 0. The van der Waals surface area contributed by atoms with Crippen LogP contribution in [0.5, 0.6) is 11.6 Å². The number of amides is 2. The molecule has 0 bridgehead atoms. The normalized spacial score (nSPS) is 13.5. The largest absolute Gasteiger partial charge is 0.438 e. The number of carbonyl (C=O) groups excluding carboxylic acids is 2. The molecule has 0 spiro atoms. The zero-order valence-electron chi connectivity index (χ0n) is 13.1. The summed E-state index contributed by atoms with van der Waals surface area (Å²) < 4.78 is 5.57. The van der Waals surface area contributed by atoms with Crippen LogP contribution in [0.15, 0.2) is 67.1 Å². The highest BCUT2D eigenvalue weighted by atomic mass is 16.5. The molecule has 2 aromatic carbocycles. The zero-order chi connectivity index (χ0) is 17.2. The van der Waals surface area contributed by atoms with Crippen LogP contribution in [-0.2, 0) is 11.2 Å². The minimum Gasteiger partial charge on any atom is -0.438 e. The molecule has 2 amide bonds. The Morgan fingerprint density at radius 2 is 1.76 bits per heavy atom. The first-order valence-electron chi connectivity index (χ1n) is 7.71. The van der Waals surface area contributed by atoms with Crippen LogP contribution in [0.25, 0.3) is 0 Å². The van der Waals surface area contributed by atoms with Crippen LogP contribution in [-0.4, -0.2) is 21.8 Å². The fourth-order valence-electron chi connectivity index (χ4n) is 2.74. The number of fused-ring (bicyclic) bond motifs is 1. The number of nitrogens with zero attached hydrogens (tertiary/aromatic N) is 3. The van der Waals surface area contributed by atoms with Gasteiger partial charge in [0.15, 0.2) is 0 Å². The van der Waals surface area contributed by atoms with E-state index in [0.29, 0.717) is 22.9 Å². The number of hydrogen-bond donors (Lipinski definition) is 0. The van der Waals surface area contributed by atoms with Crippen LogP contribution in [0.2, 0.25) is 0 Å². The molecule has 1 aliphatic heterocycles. The van der Waals surface area contributed by atoms with E-state index in [2.05, 4.69) is 9.97 Å². The van der Waals surface area contributed by atoms with E-state index in [1.807, 2.05) is 6.07 Å². The van der Waals surface area contributed by atoms with Crippen LogP contribution in [0.1, 0.15) is 15.9 Å². The molecule has 2 heterocycles. The molecule has 0 fully saturated rings. The second-order valence-electron chi connectivity index (χ2n) is 5.51. The van der Waals surface area contributed by atoms with E-state index in [-0.39, 0.29) is 18.2 Å². The van der Waals surface area contributed by atoms with E-state index in [0.717, 1.165) is 5.56 Å². The van der Waals surface area contributed by atoms with Crippen molar-refractivity contribution in [1.29, 1.82) is 0 Å². The van der Waals surface area contributed by atoms with E-state index >= 15 is 0 Å². The van der Waals surface area contributed by atoms with Gasteiger partial charge in [0.2, 0.25) is 11.8 Å². The average Bonchev–Trinajstić information content (AvgIpc) is 2.64. The first kappa shape index (κ1) is 15.0. The number of anilines is 1. The fourth-order valence-corrected chi connectivity index (χ4v) is 2.74. The molecular formula is C19H13N3O3. The van der Waals surface area contributed by atoms with Crippen molar-refractivity contribution in [3.05, 3.63) is 78.2 Å². The van der Waals surface area contributed by atoms with Gasteiger partial charge in [-0.25, -0.2) is 9.88 Å². The van der Waals surface area contributed by atoms with Crippen LogP contribution in [0.4, 0.5) is 5.69 Å². The molecule has 0 unspecified atom stereocenters. The van der Waals surface area contributed by atoms with E-state index in [1.165, 1.54) is 17.3 Å². The Labute approximate surface area is 143 Å². The lowest BCUT2D eigenvalue weighted by Gasteiger charge is -2.26. The number of rotatable bonds is 3. The van der Waals surface area contributed by atoms with E-state index in [4.69, 9.17) is 4.74 Å². The summed E-state index contributed by atoms with van der Waals surface area (Å²) in [4.78, 5) is 34.2. The van der Waals surface area contributed by atoms with Crippen LogP contribution < -0.4 is 9.64 Å². The Kier molecular flexibility index (Phi) is 3.70. The first-order valence-corrected chi connectivity index (χ1v) is 7.71. The van der Waals surface area contributed by atoms with Crippen LogP contribution >= 0.6 is 0 Å². The molecule has 4 rings (SSSR count). The van der Waals surface area contributed by atoms with Gasteiger partial charge in [0, 0.05) is 18.0 Å². The van der Waals surface area contributed by atoms with Crippen molar-refractivity contribution in [1.82, 2.24) is 9.97 Å². The third-order valence-electron chi connectivity index (χ3n) is 3.90. The number of ether oxygens (including phenoxy) is 1. The maximum atomic E-state index is 12.7. The number of hydrogen-bond acceptors (Lipinski definition) is 5. The predicted molar refractivity (Wildman–Crippen MR) is 90.5 cm³/mol. The Balaban J connectivity index is 1.60. The van der Waals surface area contributed by atoms with Crippen molar-refractivity contribution in [3.63, 3.8) is 0 Å². The van der Waals surface area contributed by atoms with Gasteiger partial charge >= 0.3 is 0 Å². The Morgan fingerprint density at radius 3 is 2.52 bits per heavy atom. The van der Waals surface area contributed by atoms with E-state index < -0.39 is 0 Å². The quantitative estimate of drug-likeness (QED) is 0.690. The summed E-state index contributed by atoms with van der Waals surface area (Å²) in [7, 11) is 0. The molecule has 0 aliphatic carbocycles. The van der Waals surface area contributed by atoms with Gasteiger partial charge in [-0.05, 0) is 35.9 Å². The third kappa shape index (κ3) is 2.85. The van der Waals surface area contributed by atoms with Crippen molar-refractivity contribution in [2.24, 2.45) is 0 Å². The highest BCUT2D eigenvalue weighted by Gasteiger charge is 2.31. The maximum absolute atomic E-state index is 12.7. The smallest absolute Gasteiger partial charge is 0.265 e. The summed E-state index contributed by atoms with van der Waals surface area (Å²) >= 11 is 0. The predicted octanol–water partition coefficient (Wildman–Crippen LogP) is 3.00. The minimum atomic E-state index is -0.311.